The van der Waals surface area contributed by atoms with E-state index in [9.17, 15) is 0 Å². The van der Waals surface area contributed by atoms with Gasteiger partial charge in [0, 0.05) is 10.9 Å². The van der Waals surface area contributed by atoms with Gasteiger partial charge < -0.3 is 5.32 Å². The number of halogens is 1. The lowest BCUT2D eigenvalue weighted by atomic mass is 10.1. The maximum atomic E-state index is 5.94. The molecule has 1 N–H and O–H groups in total. The second-order valence-electron chi connectivity index (χ2n) is 4.64. The zero-order chi connectivity index (χ0) is 11.4. The molecule has 0 saturated heterocycles. The molecule has 1 saturated carbocycles. The van der Waals surface area contributed by atoms with Crippen molar-refractivity contribution in [2.24, 2.45) is 5.92 Å². The third kappa shape index (κ3) is 3.76. The van der Waals surface area contributed by atoms with Gasteiger partial charge in [0.2, 0.25) is 0 Å². The van der Waals surface area contributed by atoms with Crippen LogP contribution in [0.4, 0.5) is 0 Å². The van der Waals surface area contributed by atoms with Gasteiger partial charge in [-0.3, -0.25) is 0 Å². The fourth-order valence-corrected chi connectivity index (χ4v) is 3.22. The lowest BCUT2D eigenvalue weighted by Crippen LogP contribution is -2.32. The molecule has 90 valence electrons. The molecule has 0 bridgehead atoms. The molecule has 1 fully saturated rings. The first-order valence-corrected chi connectivity index (χ1v) is 7.46. The Bertz CT molecular complexity index is 319. The van der Waals surface area contributed by atoms with Gasteiger partial charge in [-0.15, -0.1) is 11.3 Å². The second kappa shape index (κ2) is 6.04. The molecule has 1 nitrogen and oxygen atoms in total. The van der Waals surface area contributed by atoms with Crippen molar-refractivity contribution in [1.82, 2.24) is 5.32 Å². The standard InChI is InChI=1S/C13H20ClNS/c1-2-9-15-12(10-3-4-10)7-5-11-6-8-13(14)16-11/h6,8,10,12,15H,2-5,7,9H2,1H3. The summed E-state index contributed by atoms with van der Waals surface area (Å²) in [5.41, 5.74) is 0. The SMILES string of the molecule is CCCNC(CCc1ccc(Cl)s1)C1CC1. The van der Waals surface area contributed by atoms with Crippen LogP contribution >= 0.6 is 22.9 Å². The quantitative estimate of drug-likeness (QED) is 0.775. The van der Waals surface area contributed by atoms with E-state index >= 15 is 0 Å². The van der Waals surface area contributed by atoms with Crippen molar-refractivity contribution >= 4 is 22.9 Å². The van der Waals surface area contributed by atoms with Gasteiger partial charge in [0.25, 0.3) is 0 Å². The second-order valence-corrected chi connectivity index (χ2v) is 6.44. The van der Waals surface area contributed by atoms with Gasteiger partial charge in [-0.2, -0.15) is 0 Å². The summed E-state index contributed by atoms with van der Waals surface area (Å²) in [5.74, 6) is 0.946. The van der Waals surface area contributed by atoms with Crippen molar-refractivity contribution in [3.05, 3.63) is 21.3 Å². The average Bonchev–Trinajstić information content (AvgIpc) is 3.03. The van der Waals surface area contributed by atoms with E-state index in [1.807, 2.05) is 6.07 Å². The predicted octanol–water partition coefficient (Wildman–Crippen LogP) is 4.11. The van der Waals surface area contributed by atoms with Crippen molar-refractivity contribution in [3.63, 3.8) is 0 Å². The average molecular weight is 258 g/mol. The first kappa shape index (κ1) is 12.4. The molecule has 3 heteroatoms. The number of hydrogen-bond acceptors (Lipinski definition) is 2. The van der Waals surface area contributed by atoms with Crippen LogP contribution < -0.4 is 5.32 Å². The van der Waals surface area contributed by atoms with Gasteiger partial charge in [0.05, 0.1) is 4.34 Å². The highest BCUT2D eigenvalue weighted by Crippen LogP contribution is 2.35. The Morgan fingerprint density at radius 3 is 2.88 bits per heavy atom. The van der Waals surface area contributed by atoms with Crippen LogP contribution in [0.1, 0.15) is 37.5 Å². The summed E-state index contributed by atoms with van der Waals surface area (Å²) in [5, 5.41) is 3.68. The maximum Gasteiger partial charge on any atom is 0.0931 e. The van der Waals surface area contributed by atoms with E-state index in [-0.39, 0.29) is 0 Å². The summed E-state index contributed by atoms with van der Waals surface area (Å²) >= 11 is 7.66. The van der Waals surface area contributed by atoms with Crippen LogP contribution in [0.25, 0.3) is 0 Å². The first-order valence-electron chi connectivity index (χ1n) is 6.27. The highest BCUT2D eigenvalue weighted by atomic mass is 35.5. The van der Waals surface area contributed by atoms with Gasteiger partial charge in [0.15, 0.2) is 0 Å². The van der Waals surface area contributed by atoms with Crippen molar-refractivity contribution in [2.75, 3.05) is 6.54 Å². The van der Waals surface area contributed by atoms with Crippen LogP contribution in [0.3, 0.4) is 0 Å². The smallest absolute Gasteiger partial charge is 0.0931 e. The molecular weight excluding hydrogens is 238 g/mol. The van der Waals surface area contributed by atoms with Crippen molar-refractivity contribution in [2.45, 2.75) is 45.1 Å². The summed E-state index contributed by atoms with van der Waals surface area (Å²) in [6.45, 7) is 3.39. The fourth-order valence-electron chi connectivity index (χ4n) is 2.12. The van der Waals surface area contributed by atoms with Gasteiger partial charge in [-0.05, 0) is 56.7 Å². The van der Waals surface area contributed by atoms with E-state index in [1.165, 1.54) is 37.0 Å². The molecule has 1 atom stereocenters. The van der Waals surface area contributed by atoms with Crippen LogP contribution in [-0.4, -0.2) is 12.6 Å². The van der Waals surface area contributed by atoms with Gasteiger partial charge in [0.1, 0.15) is 0 Å². The fraction of sp³-hybridized carbons (Fsp3) is 0.692. The third-order valence-electron chi connectivity index (χ3n) is 3.18. The molecule has 1 aromatic heterocycles. The Morgan fingerprint density at radius 1 is 1.50 bits per heavy atom. The lowest BCUT2D eigenvalue weighted by Gasteiger charge is -2.17. The Morgan fingerprint density at radius 2 is 2.31 bits per heavy atom. The minimum atomic E-state index is 0.737. The molecule has 16 heavy (non-hydrogen) atoms. The molecule has 0 radical (unpaired) electrons. The minimum absolute atomic E-state index is 0.737. The summed E-state index contributed by atoms with van der Waals surface area (Å²) in [6, 6.07) is 4.91. The monoisotopic (exact) mass is 257 g/mol. The Hall–Kier alpha value is -0.0500. The maximum absolute atomic E-state index is 5.94. The molecule has 0 aromatic carbocycles. The lowest BCUT2D eigenvalue weighted by molar-refractivity contribution is 0.437. The Kier molecular flexibility index (Phi) is 4.68. The first-order chi connectivity index (χ1) is 7.79. The molecule has 0 spiro atoms. The number of aryl methyl sites for hydroxylation is 1. The number of hydrogen-bond donors (Lipinski definition) is 1. The van der Waals surface area contributed by atoms with Crippen LogP contribution in [0.5, 0.6) is 0 Å². The van der Waals surface area contributed by atoms with Crippen molar-refractivity contribution in [1.29, 1.82) is 0 Å². The van der Waals surface area contributed by atoms with Gasteiger partial charge >= 0.3 is 0 Å². The van der Waals surface area contributed by atoms with E-state index in [1.54, 1.807) is 11.3 Å². The Labute approximate surface area is 107 Å². The van der Waals surface area contributed by atoms with Gasteiger partial charge in [-0.25, -0.2) is 0 Å². The zero-order valence-electron chi connectivity index (χ0n) is 9.84. The zero-order valence-corrected chi connectivity index (χ0v) is 11.4. The van der Waals surface area contributed by atoms with E-state index in [0.717, 1.165) is 22.8 Å². The van der Waals surface area contributed by atoms with E-state index < -0.39 is 0 Å². The van der Waals surface area contributed by atoms with Gasteiger partial charge in [-0.1, -0.05) is 18.5 Å². The molecule has 2 rings (SSSR count). The van der Waals surface area contributed by atoms with Crippen LogP contribution in [-0.2, 0) is 6.42 Å². The van der Waals surface area contributed by atoms with E-state index in [2.05, 4.69) is 18.3 Å². The predicted molar refractivity (Wildman–Crippen MR) is 72.5 cm³/mol. The normalized spacial score (nSPS) is 17.6. The van der Waals surface area contributed by atoms with Crippen LogP contribution in [0.2, 0.25) is 4.34 Å². The van der Waals surface area contributed by atoms with Crippen LogP contribution in [0.15, 0.2) is 12.1 Å². The molecule has 1 unspecified atom stereocenters. The molecular formula is C13H20ClNS. The van der Waals surface area contributed by atoms with E-state index in [0.29, 0.717) is 0 Å². The van der Waals surface area contributed by atoms with Crippen molar-refractivity contribution < 1.29 is 0 Å². The Balaban J connectivity index is 1.77. The largest absolute Gasteiger partial charge is 0.314 e. The molecule has 0 amide bonds. The van der Waals surface area contributed by atoms with E-state index in [4.69, 9.17) is 11.6 Å². The highest BCUT2D eigenvalue weighted by molar-refractivity contribution is 7.16. The summed E-state index contributed by atoms with van der Waals surface area (Å²) < 4.78 is 0.916. The molecule has 1 aromatic rings. The topological polar surface area (TPSA) is 12.0 Å². The van der Waals surface area contributed by atoms with Crippen molar-refractivity contribution in [3.8, 4) is 0 Å². The number of thiophene rings is 1. The number of nitrogens with one attached hydrogen (secondary N) is 1. The minimum Gasteiger partial charge on any atom is -0.314 e. The van der Waals surface area contributed by atoms with Crippen LogP contribution in [0, 0.1) is 5.92 Å². The summed E-state index contributed by atoms with van der Waals surface area (Å²) in [6.07, 6.45) is 6.52. The third-order valence-corrected chi connectivity index (χ3v) is 4.47. The summed E-state index contributed by atoms with van der Waals surface area (Å²) in [4.78, 5) is 1.42. The molecule has 1 heterocycles. The molecule has 0 aliphatic heterocycles. The summed E-state index contributed by atoms with van der Waals surface area (Å²) in [7, 11) is 0. The molecule has 1 aliphatic carbocycles. The molecule has 1 aliphatic rings. The number of rotatable bonds is 7. The highest BCUT2D eigenvalue weighted by Gasteiger charge is 2.30.